The zero-order valence-electron chi connectivity index (χ0n) is 10.7. The van der Waals surface area contributed by atoms with Gasteiger partial charge in [0.1, 0.15) is 5.75 Å². The van der Waals surface area contributed by atoms with Crippen molar-refractivity contribution in [1.82, 2.24) is 0 Å². The molecule has 0 spiro atoms. The van der Waals surface area contributed by atoms with E-state index in [9.17, 15) is 5.11 Å². The average Bonchev–Trinajstić information content (AvgIpc) is 2.48. The third-order valence-electron chi connectivity index (χ3n) is 3.05. The first kappa shape index (κ1) is 13.1. The summed E-state index contributed by atoms with van der Waals surface area (Å²) in [5, 5.41) is 19.2. The van der Waals surface area contributed by atoms with Gasteiger partial charge < -0.3 is 9.84 Å². The second kappa shape index (κ2) is 6.03. The van der Waals surface area contributed by atoms with Gasteiger partial charge in [-0.15, -0.1) is 0 Å². The maximum absolute atomic E-state index is 10.2. The van der Waals surface area contributed by atoms with Crippen LogP contribution in [0.25, 0.3) is 0 Å². The number of aliphatic hydroxyl groups excluding tert-OH is 1. The minimum absolute atomic E-state index is 0.427. The van der Waals surface area contributed by atoms with Crippen LogP contribution < -0.4 is 4.74 Å². The highest BCUT2D eigenvalue weighted by atomic mass is 16.5. The standard InChI is InChI=1S/C16H15NO2/c1-19-15-8-6-12(7-9-15)16(18)10-13-4-2-3-5-14(13)11-17/h2-9,16,18H,10H2,1H3. The smallest absolute Gasteiger partial charge is 0.118 e. The molecule has 3 nitrogen and oxygen atoms in total. The van der Waals surface area contributed by atoms with Crippen molar-refractivity contribution in [3.05, 3.63) is 65.2 Å². The van der Waals surface area contributed by atoms with Crippen molar-refractivity contribution in [1.29, 1.82) is 5.26 Å². The van der Waals surface area contributed by atoms with Crippen molar-refractivity contribution >= 4 is 0 Å². The minimum Gasteiger partial charge on any atom is -0.497 e. The maximum atomic E-state index is 10.2. The lowest BCUT2D eigenvalue weighted by Crippen LogP contribution is -2.03. The van der Waals surface area contributed by atoms with E-state index >= 15 is 0 Å². The van der Waals surface area contributed by atoms with Crippen LogP contribution in [0.3, 0.4) is 0 Å². The summed E-state index contributed by atoms with van der Waals surface area (Å²) in [5.74, 6) is 0.758. The van der Waals surface area contributed by atoms with Crippen LogP contribution in [0.1, 0.15) is 22.8 Å². The van der Waals surface area contributed by atoms with Crippen LogP contribution in [0.2, 0.25) is 0 Å². The molecule has 0 aromatic heterocycles. The van der Waals surface area contributed by atoms with Crippen molar-refractivity contribution in [2.24, 2.45) is 0 Å². The van der Waals surface area contributed by atoms with Gasteiger partial charge in [0, 0.05) is 6.42 Å². The lowest BCUT2D eigenvalue weighted by atomic mass is 9.98. The molecule has 3 heteroatoms. The number of nitrogens with zero attached hydrogens (tertiary/aromatic N) is 1. The summed E-state index contributed by atoms with van der Waals surface area (Å²) >= 11 is 0. The van der Waals surface area contributed by atoms with Gasteiger partial charge >= 0.3 is 0 Å². The van der Waals surface area contributed by atoms with Crippen LogP contribution >= 0.6 is 0 Å². The number of nitriles is 1. The predicted molar refractivity (Wildman–Crippen MR) is 72.8 cm³/mol. The lowest BCUT2D eigenvalue weighted by molar-refractivity contribution is 0.178. The van der Waals surface area contributed by atoms with E-state index in [0.29, 0.717) is 12.0 Å². The molecule has 0 bridgehead atoms. The number of hydrogen-bond donors (Lipinski definition) is 1. The average molecular weight is 253 g/mol. The van der Waals surface area contributed by atoms with Crippen LogP contribution in [-0.2, 0) is 6.42 Å². The molecule has 0 heterocycles. The fraction of sp³-hybridized carbons (Fsp3) is 0.188. The van der Waals surface area contributed by atoms with E-state index in [4.69, 9.17) is 10.00 Å². The van der Waals surface area contributed by atoms with Gasteiger partial charge in [0.05, 0.1) is 24.8 Å². The number of aliphatic hydroxyl groups is 1. The van der Waals surface area contributed by atoms with E-state index in [0.717, 1.165) is 16.9 Å². The van der Waals surface area contributed by atoms with Gasteiger partial charge in [-0.05, 0) is 29.3 Å². The van der Waals surface area contributed by atoms with Crippen molar-refractivity contribution < 1.29 is 9.84 Å². The number of ether oxygens (including phenoxy) is 1. The fourth-order valence-corrected chi connectivity index (χ4v) is 1.96. The third kappa shape index (κ3) is 3.12. The van der Waals surface area contributed by atoms with Gasteiger partial charge in [-0.2, -0.15) is 5.26 Å². The summed E-state index contributed by atoms with van der Waals surface area (Å²) in [6.45, 7) is 0. The van der Waals surface area contributed by atoms with Gasteiger partial charge in [-0.3, -0.25) is 0 Å². The molecular formula is C16H15NO2. The quantitative estimate of drug-likeness (QED) is 0.911. The molecule has 1 N–H and O–H groups in total. The first-order valence-corrected chi connectivity index (χ1v) is 6.04. The third-order valence-corrected chi connectivity index (χ3v) is 3.05. The second-order valence-electron chi connectivity index (χ2n) is 4.26. The van der Waals surface area contributed by atoms with E-state index in [-0.39, 0.29) is 0 Å². The summed E-state index contributed by atoms with van der Waals surface area (Å²) in [5.41, 5.74) is 2.27. The fourth-order valence-electron chi connectivity index (χ4n) is 1.96. The highest BCUT2D eigenvalue weighted by molar-refractivity contribution is 5.38. The van der Waals surface area contributed by atoms with E-state index in [1.165, 1.54) is 0 Å². The van der Waals surface area contributed by atoms with Crippen LogP contribution in [0.4, 0.5) is 0 Å². The van der Waals surface area contributed by atoms with Crippen LogP contribution in [0, 0.1) is 11.3 Å². The number of benzene rings is 2. The minimum atomic E-state index is -0.625. The first-order chi connectivity index (χ1) is 9.24. The zero-order chi connectivity index (χ0) is 13.7. The monoisotopic (exact) mass is 253 g/mol. The molecule has 0 radical (unpaired) electrons. The molecule has 1 atom stereocenters. The topological polar surface area (TPSA) is 53.2 Å². The SMILES string of the molecule is COc1ccc(C(O)Cc2ccccc2C#N)cc1. The van der Waals surface area contributed by atoms with Gasteiger partial charge in [-0.1, -0.05) is 30.3 Å². The number of hydrogen-bond acceptors (Lipinski definition) is 3. The molecule has 96 valence electrons. The summed E-state index contributed by atoms with van der Waals surface area (Å²) in [7, 11) is 1.61. The Morgan fingerprint density at radius 2 is 1.84 bits per heavy atom. The molecule has 0 amide bonds. The molecular weight excluding hydrogens is 238 g/mol. The maximum Gasteiger partial charge on any atom is 0.118 e. The summed E-state index contributed by atoms with van der Waals surface area (Å²) < 4.78 is 5.08. The van der Waals surface area contributed by atoms with Crippen LogP contribution in [0.5, 0.6) is 5.75 Å². The Morgan fingerprint density at radius 1 is 1.16 bits per heavy atom. The normalized spacial score (nSPS) is 11.6. The highest BCUT2D eigenvalue weighted by Gasteiger charge is 2.11. The van der Waals surface area contributed by atoms with Gasteiger partial charge in [0.25, 0.3) is 0 Å². The molecule has 2 rings (SSSR count). The molecule has 0 saturated heterocycles. The first-order valence-electron chi connectivity index (χ1n) is 6.04. The Bertz CT molecular complexity index is 584. The van der Waals surface area contributed by atoms with Crippen molar-refractivity contribution in [2.45, 2.75) is 12.5 Å². The Labute approximate surface area is 112 Å². The molecule has 0 fully saturated rings. The summed E-state index contributed by atoms with van der Waals surface area (Å²) in [6, 6.07) is 16.8. The van der Waals surface area contributed by atoms with Crippen LogP contribution in [0.15, 0.2) is 48.5 Å². The molecule has 0 aliphatic rings. The van der Waals surface area contributed by atoms with Crippen molar-refractivity contribution in [3.63, 3.8) is 0 Å². The molecule has 2 aromatic rings. The summed E-state index contributed by atoms with van der Waals surface area (Å²) in [4.78, 5) is 0. The highest BCUT2D eigenvalue weighted by Crippen LogP contribution is 2.22. The van der Waals surface area contributed by atoms with E-state index in [1.54, 1.807) is 13.2 Å². The molecule has 2 aromatic carbocycles. The molecule has 0 saturated carbocycles. The summed E-state index contributed by atoms with van der Waals surface area (Å²) in [6.07, 6.45) is -0.198. The Hall–Kier alpha value is -2.31. The Morgan fingerprint density at radius 3 is 2.47 bits per heavy atom. The lowest BCUT2D eigenvalue weighted by Gasteiger charge is -2.12. The molecule has 1 unspecified atom stereocenters. The van der Waals surface area contributed by atoms with E-state index < -0.39 is 6.10 Å². The van der Waals surface area contributed by atoms with Gasteiger partial charge in [0.2, 0.25) is 0 Å². The molecule has 19 heavy (non-hydrogen) atoms. The van der Waals surface area contributed by atoms with Crippen molar-refractivity contribution in [3.8, 4) is 11.8 Å². The van der Waals surface area contributed by atoms with E-state index in [2.05, 4.69) is 6.07 Å². The zero-order valence-corrected chi connectivity index (χ0v) is 10.7. The Balaban J connectivity index is 2.16. The number of methoxy groups -OCH3 is 1. The molecule has 0 aliphatic heterocycles. The Kier molecular flexibility index (Phi) is 4.17. The number of rotatable bonds is 4. The second-order valence-corrected chi connectivity index (χ2v) is 4.26. The van der Waals surface area contributed by atoms with Gasteiger partial charge in [-0.25, -0.2) is 0 Å². The van der Waals surface area contributed by atoms with Crippen LogP contribution in [-0.4, -0.2) is 12.2 Å². The largest absolute Gasteiger partial charge is 0.497 e. The molecule has 0 aliphatic carbocycles. The van der Waals surface area contributed by atoms with Gasteiger partial charge in [0.15, 0.2) is 0 Å². The van der Waals surface area contributed by atoms with Crippen molar-refractivity contribution in [2.75, 3.05) is 7.11 Å². The predicted octanol–water partition coefficient (Wildman–Crippen LogP) is 2.84. The van der Waals surface area contributed by atoms with E-state index in [1.807, 2.05) is 42.5 Å².